The molecule has 0 bridgehead atoms. The van der Waals surface area contributed by atoms with Crippen LogP contribution in [0.3, 0.4) is 0 Å². The number of nitrogens with one attached hydrogen (secondary N) is 1. The van der Waals surface area contributed by atoms with Crippen LogP contribution in [0.5, 0.6) is 0 Å². The molecule has 0 radical (unpaired) electrons. The van der Waals surface area contributed by atoms with Crippen molar-refractivity contribution in [2.24, 2.45) is 0 Å². The Labute approximate surface area is 126 Å². The number of aliphatic carboxylic acids is 1. The van der Waals surface area contributed by atoms with E-state index in [2.05, 4.69) is 5.32 Å². The van der Waals surface area contributed by atoms with Crippen LogP contribution in [-0.2, 0) is 9.59 Å². The lowest BCUT2D eigenvalue weighted by Crippen LogP contribution is -2.51. The second-order valence-corrected chi connectivity index (χ2v) is 6.03. The molecule has 1 saturated heterocycles. The molecule has 7 heteroatoms. The number of hydrogen-bond donors (Lipinski definition) is 2. The first-order valence-electron chi connectivity index (χ1n) is 6.79. The molecule has 0 aliphatic carbocycles. The lowest BCUT2D eigenvalue weighted by atomic mass is 9.99. The minimum atomic E-state index is -1.12. The first-order valence-corrected chi connectivity index (χ1v) is 7.73. The summed E-state index contributed by atoms with van der Waals surface area (Å²) >= 11 is 1.43. The molecule has 2 amide bonds. The van der Waals surface area contributed by atoms with Gasteiger partial charge in [-0.25, -0.2) is 4.79 Å². The Balaban J connectivity index is 1.85. The molecule has 0 aromatic carbocycles. The van der Waals surface area contributed by atoms with Crippen molar-refractivity contribution < 1.29 is 19.5 Å². The third kappa shape index (κ3) is 3.24. The zero-order valence-electron chi connectivity index (χ0n) is 11.8. The summed E-state index contributed by atoms with van der Waals surface area (Å²) in [5.41, 5.74) is -0.543. The summed E-state index contributed by atoms with van der Waals surface area (Å²) in [5, 5.41) is 15.5. The van der Waals surface area contributed by atoms with E-state index in [-0.39, 0.29) is 24.8 Å². The fourth-order valence-corrected chi connectivity index (χ4v) is 3.14. The Morgan fingerprint density at radius 2 is 2.24 bits per heavy atom. The van der Waals surface area contributed by atoms with Gasteiger partial charge in [0.1, 0.15) is 5.54 Å². The van der Waals surface area contributed by atoms with Gasteiger partial charge in [0.05, 0.1) is 0 Å². The lowest BCUT2D eigenvalue weighted by molar-refractivity contribution is -0.155. The Morgan fingerprint density at radius 1 is 1.48 bits per heavy atom. The molecule has 1 aromatic rings. The average molecular weight is 310 g/mol. The van der Waals surface area contributed by atoms with E-state index in [0.29, 0.717) is 24.9 Å². The maximum Gasteiger partial charge on any atom is 0.329 e. The van der Waals surface area contributed by atoms with E-state index in [4.69, 9.17) is 0 Å². The molecule has 1 aromatic heterocycles. The van der Waals surface area contributed by atoms with Gasteiger partial charge in [-0.05, 0) is 31.2 Å². The van der Waals surface area contributed by atoms with Crippen molar-refractivity contribution >= 4 is 29.1 Å². The molecule has 2 N–H and O–H groups in total. The molecule has 2 rings (SSSR count). The van der Waals surface area contributed by atoms with Gasteiger partial charge in [-0.1, -0.05) is 0 Å². The molecule has 114 valence electrons. The fraction of sp³-hybridized carbons (Fsp3) is 0.500. The van der Waals surface area contributed by atoms with Gasteiger partial charge < -0.3 is 15.3 Å². The summed E-state index contributed by atoms with van der Waals surface area (Å²) < 4.78 is 0. The number of carboxylic acids is 1. The number of amides is 2. The summed E-state index contributed by atoms with van der Waals surface area (Å²) in [6, 6.07) is 1.71. The molecule has 1 unspecified atom stereocenters. The quantitative estimate of drug-likeness (QED) is 0.859. The number of hydrogen-bond acceptors (Lipinski definition) is 4. The van der Waals surface area contributed by atoms with E-state index in [1.807, 2.05) is 5.38 Å². The first-order chi connectivity index (χ1) is 9.95. The van der Waals surface area contributed by atoms with Crippen LogP contribution in [0, 0.1) is 0 Å². The van der Waals surface area contributed by atoms with Crippen LogP contribution in [0.4, 0.5) is 0 Å². The molecule has 2 heterocycles. The standard InChI is InChI=1S/C14H18N2O4S/c1-14(13(19)20)5-2-7-16(14)11(17)3-6-15-12(18)10-4-8-21-9-10/h4,8-9H,2-3,5-7H2,1H3,(H,15,18)(H,19,20). The zero-order valence-corrected chi connectivity index (χ0v) is 12.6. The molecule has 1 aliphatic rings. The highest BCUT2D eigenvalue weighted by atomic mass is 32.1. The highest BCUT2D eigenvalue weighted by Crippen LogP contribution is 2.29. The van der Waals surface area contributed by atoms with Crippen molar-refractivity contribution in [1.82, 2.24) is 10.2 Å². The molecule has 0 spiro atoms. The van der Waals surface area contributed by atoms with Crippen molar-refractivity contribution in [3.05, 3.63) is 22.4 Å². The minimum absolute atomic E-state index is 0.110. The molecule has 6 nitrogen and oxygen atoms in total. The van der Waals surface area contributed by atoms with E-state index in [9.17, 15) is 19.5 Å². The smallest absolute Gasteiger partial charge is 0.329 e. The van der Waals surface area contributed by atoms with Crippen molar-refractivity contribution in [2.75, 3.05) is 13.1 Å². The van der Waals surface area contributed by atoms with Gasteiger partial charge in [0.15, 0.2) is 0 Å². The summed E-state index contributed by atoms with van der Waals surface area (Å²) in [4.78, 5) is 36.6. The highest BCUT2D eigenvalue weighted by molar-refractivity contribution is 7.08. The monoisotopic (exact) mass is 310 g/mol. The third-order valence-corrected chi connectivity index (χ3v) is 4.49. The number of likely N-dealkylation sites (tertiary alicyclic amines) is 1. The Morgan fingerprint density at radius 3 is 2.86 bits per heavy atom. The minimum Gasteiger partial charge on any atom is -0.480 e. The molecular weight excluding hydrogens is 292 g/mol. The van der Waals surface area contributed by atoms with Gasteiger partial charge in [-0.3, -0.25) is 9.59 Å². The predicted octanol–water partition coefficient (Wildman–Crippen LogP) is 1.33. The van der Waals surface area contributed by atoms with Crippen LogP contribution in [0.25, 0.3) is 0 Å². The topological polar surface area (TPSA) is 86.7 Å². The summed E-state index contributed by atoms with van der Waals surface area (Å²) in [6.07, 6.45) is 1.27. The molecule has 21 heavy (non-hydrogen) atoms. The molecule has 1 fully saturated rings. The number of carbonyl (C=O) groups is 3. The van der Waals surface area contributed by atoms with Crippen molar-refractivity contribution in [2.45, 2.75) is 31.7 Å². The van der Waals surface area contributed by atoms with Gasteiger partial charge in [0.2, 0.25) is 5.91 Å². The predicted molar refractivity (Wildman–Crippen MR) is 78.3 cm³/mol. The molecule has 0 saturated carbocycles. The van der Waals surface area contributed by atoms with Crippen molar-refractivity contribution in [3.63, 3.8) is 0 Å². The maximum atomic E-state index is 12.1. The van der Waals surface area contributed by atoms with Crippen LogP contribution in [0.1, 0.15) is 36.5 Å². The van der Waals surface area contributed by atoms with Gasteiger partial charge in [0.25, 0.3) is 5.91 Å². The average Bonchev–Trinajstić information content (AvgIpc) is 3.08. The van der Waals surface area contributed by atoms with E-state index >= 15 is 0 Å². The zero-order chi connectivity index (χ0) is 15.5. The lowest BCUT2D eigenvalue weighted by Gasteiger charge is -2.31. The number of rotatable bonds is 5. The fourth-order valence-electron chi connectivity index (χ4n) is 2.50. The molecular formula is C14H18N2O4S. The normalized spacial score (nSPS) is 21.3. The Bertz CT molecular complexity index is 543. The van der Waals surface area contributed by atoms with Crippen LogP contribution < -0.4 is 5.32 Å². The van der Waals surface area contributed by atoms with E-state index in [0.717, 1.165) is 0 Å². The number of carboxylic acid groups (broad SMARTS) is 1. The van der Waals surface area contributed by atoms with Gasteiger partial charge >= 0.3 is 5.97 Å². The molecule has 1 atom stereocenters. The van der Waals surface area contributed by atoms with Crippen LogP contribution in [-0.4, -0.2) is 46.4 Å². The molecule has 1 aliphatic heterocycles. The second-order valence-electron chi connectivity index (χ2n) is 5.25. The Hall–Kier alpha value is -1.89. The summed E-state index contributed by atoms with van der Waals surface area (Å²) in [5.74, 6) is -1.43. The van der Waals surface area contributed by atoms with E-state index in [1.165, 1.54) is 16.2 Å². The maximum absolute atomic E-state index is 12.1. The Kier molecular flexibility index (Phi) is 4.62. The van der Waals surface area contributed by atoms with E-state index in [1.54, 1.807) is 18.4 Å². The largest absolute Gasteiger partial charge is 0.480 e. The first kappa shape index (κ1) is 15.5. The number of nitrogens with zero attached hydrogens (tertiary/aromatic N) is 1. The SMILES string of the molecule is CC1(C(=O)O)CCCN1C(=O)CCNC(=O)c1ccsc1. The summed E-state index contributed by atoms with van der Waals surface area (Å²) in [7, 11) is 0. The van der Waals surface area contributed by atoms with Gasteiger partial charge in [0, 0.05) is 30.5 Å². The van der Waals surface area contributed by atoms with Crippen LogP contribution >= 0.6 is 11.3 Å². The third-order valence-electron chi connectivity index (χ3n) is 3.81. The van der Waals surface area contributed by atoms with Gasteiger partial charge in [-0.2, -0.15) is 11.3 Å². The second kappa shape index (κ2) is 6.26. The van der Waals surface area contributed by atoms with E-state index < -0.39 is 11.5 Å². The summed E-state index contributed by atoms with van der Waals surface area (Å²) in [6.45, 7) is 2.24. The van der Waals surface area contributed by atoms with Crippen molar-refractivity contribution in [1.29, 1.82) is 0 Å². The number of carbonyl (C=O) groups excluding carboxylic acids is 2. The number of thiophene rings is 1. The van der Waals surface area contributed by atoms with Gasteiger partial charge in [-0.15, -0.1) is 0 Å². The van der Waals surface area contributed by atoms with Crippen LogP contribution in [0.2, 0.25) is 0 Å². The van der Waals surface area contributed by atoms with Crippen molar-refractivity contribution in [3.8, 4) is 0 Å². The highest BCUT2D eigenvalue weighted by Gasteiger charge is 2.45. The van der Waals surface area contributed by atoms with Crippen LogP contribution in [0.15, 0.2) is 16.8 Å².